The summed E-state index contributed by atoms with van der Waals surface area (Å²) in [5.74, 6) is 6.23. The number of piperidine rings is 1. The summed E-state index contributed by atoms with van der Waals surface area (Å²) >= 11 is 3.24. The zero-order valence-corrected chi connectivity index (χ0v) is 16.4. The van der Waals surface area contributed by atoms with E-state index in [1.807, 2.05) is 36.5 Å². The molecular weight excluding hydrogens is 365 g/mol. The lowest BCUT2D eigenvalue weighted by Gasteiger charge is -2.33. The normalized spacial score (nSPS) is 20.7. The van der Waals surface area contributed by atoms with Crippen LogP contribution in [-0.2, 0) is 0 Å². The predicted octanol–water partition coefficient (Wildman–Crippen LogP) is 4.85. The van der Waals surface area contributed by atoms with Crippen LogP contribution in [0.2, 0.25) is 0 Å². The van der Waals surface area contributed by atoms with Crippen LogP contribution in [0.1, 0.15) is 18.2 Å². The van der Waals surface area contributed by atoms with Crippen molar-refractivity contribution < 1.29 is 4.39 Å². The Kier molecular flexibility index (Phi) is 4.94. The molecule has 3 nitrogen and oxygen atoms in total. The van der Waals surface area contributed by atoms with Gasteiger partial charge in [-0.25, -0.2) is 9.37 Å². The molecule has 1 N–H and O–H groups in total. The summed E-state index contributed by atoms with van der Waals surface area (Å²) in [6.07, 6.45) is -0.0584. The van der Waals surface area contributed by atoms with Crippen molar-refractivity contribution in [3.63, 3.8) is 0 Å². The van der Waals surface area contributed by atoms with Crippen molar-refractivity contribution in [3.05, 3.63) is 34.0 Å². The number of likely N-dealkylation sites (tertiary alicyclic amines) is 1. The third kappa shape index (κ3) is 3.23. The van der Waals surface area contributed by atoms with Gasteiger partial charge in [0.25, 0.3) is 0 Å². The first-order chi connectivity index (χ1) is 12.7. The number of thiophene rings is 1. The molecule has 2 aromatic heterocycles. The fraction of sp³-hybridized carbons (Fsp3) is 0.350. The van der Waals surface area contributed by atoms with Gasteiger partial charge in [0.2, 0.25) is 0 Å². The van der Waals surface area contributed by atoms with Crippen LogP contribution in [0.25, 0.3) is 21.3 Å². The number of hydrogen-bond acceptors (Lipinski definition) is 5. The molecule has 0 saturated carbocycles. The highest BCUT2D eigenvalue weighted by Gasteiger charge is 2.28. The maximum Gasteiger partial charge on any atom is 0.133 e. The Balaban J connectivity index is 1.77. The summed E-state index contributed by atoms with van der Waals surface area (Å²) in [5, 5.41) is 6.65. The van der Waals surface area contributed by atoms with E-state index in [2.05, 4.69) is 33.6 Å². The van der Waals surface area contributed by atoms with Crippen molar-refractivity contribution in [2.24, 2.45) is 0 Å². The van der Waals surface area contributed by atoms with Crippen molar-refractivity contribution in [1.29, 1.82) is 0 Å². The van der Waals surface area contributed by atoms with Gasteiger partial charge in [-0.2, -0.15) is 0 Å². The lowest BCUT2D eigenvalue weighted by atomic mass is 10.0. The maximum atomic E-state index is 14.5. The van der Waals surface area contributed by atoms with Gasteiger partial charge < -0.3 is 10.2 Å². The molecule has 6 heteroatoms. The number of nitrogens with zero attached hydrogens (tertiary/aromatic N) is 2. The fourth-order valence-electron chi connectivity index (χ4n) is 3.44. The minimum atomic E-state index is -0.864. The van der Waals surface area contributed by atoms with Crippen LogP contribution < -0.4 is 5.32 Å². The third-order valence-corrected chi connectivity index (χ3v) is 6.47. The van der Waals surface area contributed by atoms with Crippen LogP contribution in [0.15, 0.2) is 29.1 Å². The van der Waals surface area contributed by atoms with Crippen molar-refractivity contribution >= 4 is 38.4 Å². The smallest absolute Gasteiger partial charge is 0.133 e. The molecule has 0 bridgehead atoms. The van der Waals surface area contributed by atoms with Gasteiger partial charge in [0.1, 0.15) is 6.17 Å². The SMILES string of the molecule is CC#Cc1sc2c(N[C@@H]3CCN(C)C[C@H]3F)cccc2c1-c1cscn1. The molecule has 0 unspecified atom stereocenters. The topological polar surface area (TPSA) is 28.2 Å². The summed E-state index contributed by atoms with van der Waals surface area (Å²) in [6, 6.07) is 6.02. The number of alkyl halides is 1. The average Bonchev–Trinajstić information content (AvgIpc) is 3.25. The van der Waals surface area contributed by atoms with Crippen molar-refractivity contribution in [1.82, 2.24) is 9.88 Å². The molecule has 3 aromatic rings. The second-order valence-corrected chi connectivity index (χ2v) is 8.29. The van der Waals surface area contributed by atoms with E-state index in [1.165, 1.54) is 0 Å². The molecule has 0 amide bonds. The van der Waals surface area contributed by atoms with Gasteiger partial charge in [0.15, 0.2) is 0 Å². The Morgan fingerprint density at radius 2 is 2.27 bits per heavy atom. The van der Waals surface area contributed by atoms with Gasteiger partial charge in [0.05, 0.1) is 32.5 Å². The number of halogens is 1. The predicted molar refractivity (Wildman–Crippen MR) is 110 cm³/mol. The molecule has 0 radical (unpaired) electrons. The zero-order valence-electron chi connectivity index (χ0n) is 14.8. The lowest BCUT2D eigenvalue weighted by molar-refractivity contribution is 0.149. The number of rotatable bonds is 3. The molecule has 1 fully saturated rings. The monoisotopic (exact) mass is 385 g/mol. The second kappa shape index (κ2) is 7.36. The van der Waals surface area contributed by atoms with E-state index >= 15 is 0 Å². The molecule has 134 valence electrons. The van der Waals surface area contributed by atoms with Gasteiger partial charge in [0, 0.05) is 29.4 Å². The number of benzene rings is 1. The molecule has 1 aromatic carbocycles. The Morgan fingerprint density at radius 3 is 3.00 bits per heavy atom. The molecule has 0 aliphatic carbocycles. The average molecular weight is 386 g/mol. The maximum absolute atomic E-state index is 14.5. The van der Waals surface area contributed by atoms with Crippen LogP contribution in [-0.4, -0.2) is 42.2 Å². The Labute approximate surface area is 160 Å². The van der Waals surface area contributed by atoms with Crippen LogP contribution in [0, 0.1) is 11.8 Å². The molecule has 3 heterocycles. The van der Waals surface area contributed by atoms with E-state index in [4.69, 9.17) is 0 Å². The van der Waals surface area contributed by atoms with E-state index in [9.17, 15) is 4.39 Å². The van der Waals surface area contributed by atoms with Gasteiger partial charge in [-0.15, -0.1) is 28.6 Å². The summed E-state index contributed by atoms with van der Waals surface area (Å²) in [5.41, 5.74) is 4.88. The number of hydrogen-bond donors (Lipinski definition) is 1. The zero-order chi connectivity index (χ0) is 18.1. The highest BCUT2D eigenvalue weighted by Crippen LogP contribution is 2.42. The molecule has 4 rings (SSSR count). The summed E-state index contributed by atoms with van der Waals surface area (Å²) in [6.45, 7) is 3.24. The highest BCUT2D eigenvalue weighted by atomic mass is 32.1. The second-order valence-electron chi connectivity index (χ2n) is 6.55. The number of aromatic nitrogens is 1. The van der Waals surface area contributed by atoms with Crippen LogP contribution in [0.5, 0.6) is 0 Å². The Morgan fingerprint density at radius 1 is 1.38 bits per heavy atom. The van der Waals surface area contributed by atoms with Gasteiger partial charge in [-0.05, 0) is 26.5 Å². The van der Waals surface area contributed by atoms with E-state index in [1.54, 1.807) is 22.7 Å². The first kappa shape index (κ1) is 17.5. The van der Waals surface area contributed by atoms with E-state index in [-0.39, 0.29) is 6.04 Å². The largest absolute Gasteiger partial charge is 0.378 e. The van der Waals surface area contributed by atoms with E-state index in [0.717, 1.165) is 44.9 Å². The first-order valence-electron chi connectivity index (χ1n) is 8.63. The van der Waals surface area contributed by atoms with Crippen molar-refractivity contribution in [3.8, 4) is 23.1 Å². The van der Waals surface area contributed by atoms with Crippen LogP contribution in [0.3, 0.4) is 0 Å². The van der Waals surface area contributed by atoms with E-state index in [0.29, 0.717) is 6.54 Å². The first-order valence-corrected chi connectivity index (χ1v) is 10.4. The Hall–Kier alpha value is -1.94. The standard InChI is InChI=1S/C20H20FN3S2/c1-3-5-18-19(17-11-25-12-22-17)13-6-4-7-16(20(13)26-18)23-15-8-9-24(2)10-14(15)21/h4,6-7,11-12,14-15,23H,8-10H2,1-2H3/t14-,15-/m1/s1. The third-order valence-electron chi connectivity index (χ3n) is 4.73. The van der Waals surface area contributed by atoms with Gasteiger partial charge in [-0.3, -0.25) is 0 Å². The highest BCUT2D eigenvalue weighted by molar-refractivity contribution is 7.21. The molecule has 26 heavy (non-hydrogen) atoms. The number of thiazole rings is 1. The molecular formula is C20H20FN3S2. The van der Waals surface area contributed by atoms with Crippen LogP contribution in [0.4, 0.5) is 10.1 Å². The molecule has 1 aliphatic heterocycles. The van der Waals surface area contributed by atoms with Crippen molar-refractivity contribution in [2.75, 3.05) is 25.5 Å². The van der Waals surface area contributed by atoms with Crippen LogP contribution >= 0.6 is 22.7 Å². The van der Waals surface area contributed by atoms with Gasteiger partial charge in [-0.1, -0.05) is 18.1 Å². The van der Waals surface area contributed by atoms with Gasteiger partial charge >= 0.3 is 0 Å². The minimum absolute atomic E-state index is 0.151. The summed E-state index contributed by atoms with van der Waals surface area (Å²) < 4.78 is 15.6. The lowest BCUT2D eigenvalue weighted by Crippen LogP contribution is -2.46. The Bertz CT molecular complexity index is 968. The number of anilines is 1. The molecule has 1 aliphatic rings. The summed E-state index contributed by atoms with van der Waals surface area (Å²) in [4.78, 5) is 7.55. The quantitative estimate of drug-likeness (QED) is 0.653. The molecule has 0 spiro atoms. The minimum Gasteiger partial charge on any atom is -0.378 e. The summed E-state index contributed by atoms with van der Waals surface area (Å²) in [7, 11) is 1.97. The number of nitrogens with one attached hydrogen (secondary N) is 1. The number of fused-ring (bicyclic) bond motifs is 1. The molecule has 2 atom stereocenters. The molecule has 1 saturated heterocycles. The fourth-order valence-corrected chi connectivity index (χ4v) is 5.18. The van der Waals surface area contributed by atoms with E-state index < -0.39 is 6.17 Å². The van der Waals surface area contributed by atoms with Crippen molar-refractivity contribution in [2.45, 2.75) is 25.6 Å².